The van der Waals surface area contributed by atoms with E-state index >= 15 is 0 Å². The minimum atomic E-state index is -0.405. The van der Waals surface area contributed by atoms with Crippen LogP contribution in [0.25, 0.3) is 0 Å². The Labute approximate surface area is 153 Å². The summed E-state index contributed by atoms with van der Waals surface area (Å²) in [5.41, 5.74) is 5.50. The highest BCUT2D eigenvalue weighted by Gasteiger charge is 2.13. The summed E-state index contributed by atoms with van der Waals surface area (Å²) in [6.45, 7) is 5.94. The summed E-state index contributed by atoms with van der Waals surface area (Å²) < 4.78 is 4.75. The predicted molar refractivity (Wildman–Crippen MR) is 103 cm³/mol. The second kappa shape index (κ2) is 8.72. The van der Waals surface area contributed by atoms with Crippen LogP contribution in [0.3, 0.4) is 0 Å². The van der Waals surface area contributed by atoms with E-state index in [2.05, 4.69) is 37.4 Å². The molecule has 0 heterocycles. The van der Waals surface area contributed by atoms with Crippen molar-refractivity contribution < 1.29 is 14.3 Å². The highest BCUT2D eigenvalue weighted by atomic mass is 32.2. The molecule has 0 saturated carbocycles. The molecule has 2 rings (SSSR count). The van der Waals surface area contributed by atoms with E-state index in [0.29, 0.717) is 22.6 Å². The molecule has 1 amide bonds. The van der Waals surface area contributed by atoms with E-state index in [1.807, 2.05) is 0 Å². The van der Waals surface area contributed by atoms with E-state index in [4.69, 9.17) is 4.74 Å². The van der Waals surface area contributed by atoms with Gasteiger partial charge >= 0.3 is 5.97 Å². The van der Waals surface area contributed by atoms with Crippen molar-refractivity contribution >= 4 is 29.3 Å². The van der Waals surface area contributed by atoms with Gasteiger partial charge in [-0.05, 0) is 44.0 Å². The summed E-state index contributed by atoms with van der Waals surface area (Å²) >= 11 is 1.57. The van der Waals surface area contributed by atoms with E-state index in [9.17, 15) is 9.59 Å². The molecule has 0 aliphatic carbocycles. The van der Waals surface area contributed by atoms with Gasteiger partial charge < -0.3 is 10.1 Å². The molecule has 2 aromatic carbocycles. The Morgan fingerprint density at radius 1 is 1.08 bits per heavy atom. The Balaban J connectivity index is 1.93. The highest BCUT2D eigenvalue weighted by Crippen LogP contribution is 2.21. The molecule has 25 heavy (non-hydrogen) atoms. The zero-order valence-electron chi connectivity index (χ0n) is 15.0. The van der Waals surface area contributed by atoms with Gasteiger partial charge in [-0.2, -0.15) is 0 Å². The molecule has 0 unspecified atom stereocenters. The number of thioether (sulfide) groups is 1. The number of anilines is 1. The Morgan fingerprint density at radius 3 is 2.40 bits per heavy atom. The average molecular weight is 357 g/mol. The van der Waals surface area contributed by atoms with Crippen molar-refractivity contribution in [3.05, 3.63) is 64.2 Å². The van der Waals surface area contributed by atoms with Crippen LogP contribution in [0.2, 0.25) is 0 Å². The van der Waals surface area contributed by atoms with E-state index in [-0.39, 0.29) is 5.91 Å². The number of carbonyl (C=O) groups is 2. The van der Waals surface area contributed by atoms with Crippen LogP contribution in [0.5, 0.6) is 0 Å². The van der Waals surface area contributed by atoms with Gasteiger partial charge in [0.05, 0.1) is 18.4 Å². The highest BCUT2D eigenvalue weighted by molar-refractivity contribution is 7.99. The van der Waals surface area contributed by atoms with Crippen LogP contribution < -0.4 is 5.32 Å². The van der Waals surface area contributed by atoms with E-state index < -0.39 is 5.97 Å². The Kier molecular flexibility index (Phi) is 6.65. The summed E-state index contributed by atoms with van der Waals surface area (Å²) in [7, 11) is 1.34. The van der Waals surface area contributed by atoms with Gasteiger partial charge in [-0.15, -0.1) is 11.8 Å². The van der Waals surface area contributed by atoms with Crippen LogP contribution in [0, 0.1) is 20.8 Å². The fraction of sp³-hybridized carbons (Fsp3) is 0.300. The Bertz CT molecular complexity index is 766. The van der Waals surface area contributed by atoms with Crippen LogP contribution in [0.15, 0.2) is 36.4 Å². The number of hydrogen-bond acceptors (Lipinski definition) is 4. The van der Waals surface area contributed by atoms with Gasteiger partial charge in [0.25, 0.3) is 0 Å². The monoisotopic (exact) mass is 357 g/mol. The maximum Gasteiger partial charge on any atom is 0.338 e. The Hall–Kier alpha value is -2.27. The number of hydrogen-bond donors (Lipinski definition) is 1. The van der Waals surface area contributed by atoms with Crippen LogP contribution >= 0.6 is 11.8 Å². The number of aryl methyl sites for hydroxylation is 2. The largest absolute Gasteiger partial charge is 0.465 e. The van der Waals surface area contributed by atoms with Crippen molar-refractivity contribution in [3.8, 4) is 0 Å². The van der Waals surface area contributed by atoms with Gasteiger partial charge in [0.2, 0.25) is 5.91 Å². The maximum atomic E-state index is 12.2. The third kappa shape index (κ3) is 5.36. The number of methoxy groups -OCH3 is 1. The fourth-order valence-corrected chi connectivity index (χ4v) is 3.46. The summed E-state index contributed by atoms with van der Waals surface area (Å²) in [5.74, 6) is 0.656. The first-order valence-corrected chi connectivity index (χ1v) is 9.19. The number of ether oxygens (including phenoxy) is 1. The van der Waals surface area contributed by atoms with Crippen molar-refractivity contribution in [1.82, 2.24) is 0 Å². The minimum Gasteiger partial charge on any atom is -0.465 e. The number of esters is 1. The first kappa shape index (κ1) is 19.1. The van der Waals surface area contributed by atoms with Crippen molar-refractivity contribution in [2.75, 3.05) is 18.2 Å². The summed E-state index contributed by atoms with van der Waals surface area (Å²) in [5, 5.41) is 2.87. The zero-order chi connectivity index (χ0) is 18.4. The van der Waals surface area contributed by atoms with Crippen LogP contribution in [-0.2, 0) is 15.3 Å². The molecule has 0 aliphatic rings. The van der Waals surface area contributed by atoms with Crippen LogP contribution in [0.4, 0.5) is 5.69 Å². The summed E-state index contributed by atoms with van der Waals surface area (Å²) in [6.07, 6.45) is 0. The van der Waals surface area contributed by atoms with Crippen molar-refractivity contribution in [2.24, 2.45) is 0 Å². The molecule has 0 radical (unpaired) electrons. The molecule has 0 spiro atoms. The molecule has 5 heteroatoms. The molecule has 0 atom stereocenters. The van der Waals surface area contributed by atoms with Crippen LogP contribution in [-0.4, -0.2) is 24.7 Å². The van der Waals surface area contributed by atoms with Gasteiger partial charge in [0, 0.05) is 11.4 Å². The quantitative estimate of drug-likeness (QED) is 0.785. The maximum absolute atomic E-state index is 12.2. The molecule has 132 valence electrons. The molecule has 0 fully saturated rings. The molecule has 4 nitrogen and oxygen atoms in total. The predicted octanol–water partition coefficient (Wildman–Crippen LogP) is 4.27. The Morgan fingerprint density at radius 2 is 1.76 bits per heavy atom. The number of benzene rings is 2. The molecule has 0 aromatic heterocycles. The average Bonchev–Trinajstić information content (AvgIpc) is 2.55. The number of carbonyl (C=O) groups excluding carboxylic acids is 2. The second-order valence-corrected chi connectivity index (χ2v) is 6.99. The number of nitrogens with one attached hydrogen (secondary N) is 1. The van der Waals surface area contributed by atoms with Crippen molar-refractivity contribution in [1.29, 1.82) is 0 Å². The first-order valence-electron chi connectivity index (χ1n) is 8.03. The smallest absolute Gasteiger partial charge is 0.338 e. The lowest BCUT2D eigenvalue weighted by Crippen LogP contribution is -2.16. The number of rotatable bonds is 6. The minimum absolute atomic E-state index is 0.0838. The van der Waals surface area contributed by atoms with Gasteiger partial charge in [0.15, 0.2) is 0 Å². The first-order chi connectivity index (χ1) is 11.9. The lowest BCUT2D eigenvalue weighted by molar-refractivity contribution is -0.113. The molecule has 2 aromatic rings. The van der Waals surface area contributed by atoms with Crippen molar-refractivity contribution in [2.45, 2.75) is 26.5 Å². The molecular formula is C20H23NO3S. The summed E-state index contributed by atoms with van der Waals surface area (Å²) in [4.78, 5) is 23.9. The normalized spacial score (nSPS) is 10.4. The van der Waals surface area contributed by atoms with E-state index in [1.54, 1.807) is 36.9 Å². The third-order valence-corrected chi connectivity index (χ3v) is 4.80. The van der Waals surface area contributed by atoms with Crippen molar-refractivity contribution in [3.63, 3.8) is 0 Å². The molecule has 0 bridgehead atoms. The molecule has 0 saturated heterocycles. The lowest BCUT2D eigenvalue weighted by Gasteiger charge is -2.11. The molecular weight excluding hydrogens is 334 g/mol. The number of amides is 1. The fourth-order valence-electron chi connectivity index (χ4n) is 2.70. The second-order valence-electron chi connectivity index (χ2n) is 6.01. The van der Waals surface area contributed by atoms with Crippen LogP contribution in [0.1, 0.15) is 32.6 Å². The van der Waals surface area contributed by atoms with Gasteiger partial charge in [-0.3, -0.25) is 4.79 Å². The standard InChI is InChI=1S/C20H23NO3S/c1-13-8-14(2)10-16(9-13)11-25-12-19(22)21-18-7-5-6-17(15(18)3)20(23)24-4/h5-10H,11-12H2,1-4H3,(H,21,22). The SMILES string of the molecule is COC(=O)c1cccc(NC(=O)CSCc2cc(C)cc(C)c2)c1C. The van der Waals surface area contributed by atoms with E-state index in [0.717, 1.165) is 5.75 Å². The zero-order valence-corrected chi connectivity index (χ0v) is 15.8. The van der Waals surface area contributed by atoms with E-state index in [1.165, 1.54) is 23.8 Å². The topological polar surface area (TPSA) is 55.4 Å². The van der Waals surface area contributed by atoms with Gasteiger partial charge in [-0.1, -0.05) is 35.4 Å². The summed E-state index contributed by atoms with van der Waals surface area (Å²) in [6, 6.07) is 11.6. The molecule has 0 aliphatic heterocycles. The molecule has 1 N–H and O–H groups in total. The van der Waals surface area contributed by atoms with Gasteiger partial charge in [-0.25, -0.2) is 4.79 Å². The van der Waals surface area contributed by atoms with Gasteiger partial charge in [0.1, 0.15) is 0 Å². The lowest BCUT2D eigenvalue weighted by atomic mass is 10.1. The third-order valence-electron chi connectivity index (χ3n) is 3.80.